The van der Waals surface area contributed by atoms with Gasteiger partial charge in [0.25, 0.3) is 0 Å². The lowest BCUT2D eigenvalue weighted by atomic mass is 9.98. The van der Waals surface area contributed by atoms with Crippen LogP contribution >= 0.6 is 0 Å². The van der Waals surface area contributed by atoms with Crippen molar-refractivity contribution in [2.45, 2.75) is 38.3 Å². The van der Waals surface area contributed by atoms with Gasteiger partial charge in [-0.05, 0) is 45.8 Å². The maximum atomic E-state index is 6.09. The Morgan fingerprint density at radius 1 is 1.20 bits per heavy atom. The second-order valence-corrected chi connectivity index (χ2v) is 6.82. The van der Waals surface area contributed by atoms with Gasteiger partial charge in [0.1, 0.15) is 0 Å². The average Bonchev–Trinajstić information content (AvgIpc) is 2.40. The molecule has 112 valence electrons. The van der Waals surface area contributed by atoms with Gasteiger partial charge in [0.15, 0.2) is 0 Å². The summed E-state index contributed by atoms with van der Waals surface area (Å²) >= 11 is 0. The minimum absolute atomic E-state index is 0.0468. The predicted octanol–water partition coefficient (Wildman–Crippen LogP) is 2.49. The van der Waals surface area contributed by atoms with Crippen molar-refractivity contribution in [3.8, 4) is 0 Å². The largest absolute Gasteiger partial charge is 0.326 e. The molecule has 3 nitrogen and oxygen atoms in total. The molecule has 1 saturated heterocycles. The molecule has 1 heterocycles. The van der Waals surface area contributed by atoms with E-state index in [2.05, 4.69) is 61.0 Å². The Morgan fingerprint density at radius 3 is 2.55 bits per heavy atom. The minimum Gasteiger partial charge on any atom is -0.326 e. The summed E-state index contributed by atoms with van der Waals surface area (Å²) < 4.78 is 0. The van der Waals surface area contributed by atoms with Crippen LogP contribution in [0, 0.1) is 0 Å². The van der Waals surface area contributed by atoms with Crippen LogP contribution in [0.3, 0.4) is 0 Å². The van der Waals surface area contributed by atoms with Gasteiger partial charge in [-0.3, -0.25) is 4.90 Å². The van der Waals surface area contributed by atoms with E-state index >= 15 is 0 Å². The van der Waals surface area contributed by atoms with E-state index in [4.69, 9.17) is 5.73 Å². The van der Waals surface area contributed by atoms with E-state index in [9.17, 15) is 0 Å². The molecule has 1 aliphatic rings. The van der Waals surface area contributed by atoms with Gasteiger partial charge in [-0.2, -0.15) is 0 Å². The molecule has 2 rings (SSSR count). The number of piperazine rings is 1. The van der Waals surface area contributed by atoms with Crippen LogP contribution < -0.4 is 5.73 Å². The monoisotopic (exact) mass is 275 g/mol. The van der Waals surface area contributed by atoms with Crippen LogP contribution in [0.15, 0.2) is 30.3 Å². The molecule has 1 fully saturated rings. The molecular formula is C17H29N3. The van der Waals surface area contributed by atoms with Crippen LogP contribution in [0.25, 0.3) is 0 Å². The van der Waals surface area contributed by atoms with Crippen molar-refractivity contribution >= 4 is 0 Å². The maximum absolute atomic E-state index is 6.09. The molecule has 20 heavy (non-hydrogen) atoms. The predicted molar refractivity (Wildman–Crippen MR) is 85.8 cm³/mol. The van der Waals surface area contributed by atoms with Gasteiger partial charge in [0.05, 0.1) is 0 Å². The normalized spacial score (nSPS) is 22.1. The Bertz CT molecular complexity index is 396. The number of hydrogen-bond donors (Lipinski definition) is 1. The number of nitrogens with zero attached hydrogens (tertiary/aromatic N) is 2. The first-order valence-corrected chi connectivity index (χ1v) is 7.72. The Balaban J connectivity index is 1.98. The van der Waals surface area contributed by atoms with E-state index in [-0.39, 0.29) is 5.54 Å². The summed E-state index contributed by atoms with van der Waals surface area (Å²) in [7, 11) is 2.22. The highest BCUT2D eigenvalue weighted by Gasteiger charge is 2.26. The number of rotatable bonds is 5. The first kappa shape index (κ1) is 15.5. The van der Waals surface area contributed by atoms with Crippen molar-refractivity contribution in [2.75, 3.05) is 33.2 Å². The summed E-state index contributed by atoms with van der Waals surface area (Å²) in [6.07, 6.45) is 2.26. The zero-order valence-corrected chi connectivity index (χ0v) is 13.2. The van der Waals surface area contributed by atoms with E-state index in [1.165, 1.54) is 12.0 Å². The van der Waals surface area contributed by atoms with Gasteiger partial charge in [-0.25, -0.2) is 0 Å². The van der Waals surface area contributed by atoms with E-state index in [1.807, 2.05) is 0 Å². The molecule has 0 spiro atoms. The molecule has 3 heteroatoms. The molecule has 1 atom stereocenters. The average molecular weight is 275 g/mol. The van der Waals surface area contributed by atoms with Crippen molar-refractivity contribution in [3.05, 3.63) is 35.9 Å². The molecule has 0 amide bonds. The van der Waals surface area contributed by atoms with Crippen LogP contribution in [-0.4, -0.2) is 48.6 Å². The lowest BCUT2D eigenvalue weighted by Crippen LogP contribution is -2.47. The molecule has 1 aromatic carbocycles. The fourth-order valence-corrected chi connectivity index (χ4v) is 2.95. The van der Waals surface area contributed by atoms with Crippen molar-refractivity contribution in [1.29, 1.82) is 0 Å². The maximum Gasteiger partial charge on any atom is 0.0475 e. The third-order valence-electron chi connectivity index (χ3n) is 4.15. The van der Waals surface area contributed by atoms with Crippen LogP contribution in [0.4, 0.5) is 0 Å². The fraction of sp³-hybridized carbons (Fsp3) is 0.647. The van der Waals surface area contributed by atoms with Gasteiger partial charge in [-0.1, -0.05) is 30.3 Å². The highest BCUT2D eigenvalue weighted by atomic mass is 15.3. The Morgan fingerprint density at radius 2 is 1.90 bits per heavy atom. The molecule has 1 unspecified atom stereocenters. The standard InChI is InChI=1S/C17H29N3/c1-17(2,18)10-7-11-20-13-12-19(3)14-16(20)15-8-5-4-6-9-15/h4-6,8-9,16H,7,10-14,18H2,1-3H3. The number of benzene rings is 1. The van der Waals surface area contributed by atoms with E-state index in [1.54, 1.807) is 0 Å². The summed E-state index contributed by atoms with van der Waals surface area (Å²) in [5.74, 6) is 0. The molecule has 1 aliphatic heterocycles. The Labute approximate surface area is 123 Å². The smallest absolute Gasteiger partial charge is 0.0475 e. The molecular weight excluding hydrogens is 246 g/mol. The van der Waals surface area contributed by atoms with Gasteiger partial charge in [-0.15, -0.1) is 0 Å². The first-order valence-electron chi connectivity index (χ1n) is 7.72. The van der Waals surface area contributed by atoms with Gasteiger partial charge in [0.2, 0.25) is 0 Å². The summed E-state index contributed by atoms with van der Waals surface area (Å²) in [6.45, 7) is 8.82. The molecule has 0 radical (unpaired) electrons. The number of nitrogens with two attached hydrogens (primary N) is 1. The highest BCUT2D eigenvalue weighted by Crippen LogP contribution is 2.25. The Kier molecular flexibility index (Phi) is 5.19. The van der Waals surface area contributed by atoms with Crippen molar-refractivity contribution in [1.82, 2.24) is 9.80 Å². The molecule has 0 bridgehead atoms. The molecule has 0 saturated carbocycles. The second-order valence-electron chi connectivity index (χ2n) is 6.82. The van der Waals surface area contributed by atoms with Gasteiger partial charge >= 0.3 is 0 Å². The zero-order valence-electron chi connectivity index (χ0n) is 13.2. The van der Waals surface area contributed by atoms with Gasteiger partial charge in [0, 0.05) is 31.2 Å². The van der Waals surface area contributed by atoms with E-state index < -0.39 is 0 Å². The third-order valence-corrected chi connectivity index (χ3v) is 4.15. The van der Waals surface area contributed by atoms with Gasteiger partial charge < -0.3 is 10.6 Å². The third kappa shape index (κ3) is 4.58. The van der Waals surface area contributed by atoms with Crippen molar-refractivity contribution in [3.63, 3.8) is 0 Å². The first-order chi connectivity index (χ1) is 9.46. The molecule has 0 aliphatic carbocycles. The lowest BCUT2D eigenvalue weighted by molar-refractivity contribution is 0.0869. The van der Waals surface area contributed by atoms with Crippen LogP contribution in [0.2, 0.25) is 0 Å². The van der Waals surface area contributed by atoms with Crippen LogP contribution in [0.5, 0.6) is 0 Å². The van der Waals surface area contributed by atoms with Crippen molar-refractivity contribution < 1.29 is 0 Å². The summed E-state index contributed by atoms with van der Waals surface area (Å²) in [6, 6.07) is 11.4. The lowest BCUT2D eigenvalue weighted by Gasteiger charge is -2.40. The quantitative estimate of drug-likeness (QED) is 0.896. The zero-order chi connectivity index (χ0) is 14.6. The second kappa shape index (κ2) is 6.70. The SMILES string of the molecule is CN1CCN(CCCC(C)(C)N)C(c2ccccc2)C1. The minimum atomic E-state index is -0.0468. The summed E-state index contributed by atoms with van der Waals surface area (Å²) in [5, 5.41) is 0. The van der Waals surface area contributed by atoms with Crippen LogP contribution in [0.1, 0.15) is 38.3 Å². The highest BCUT2D eigenvalue weighted by molar-refractivity contribution is 5.20. The topological polar surface area (TPSA) is 32.5 Å². The summed E-state index contributed by atoms with van der Waals surface area (Å²) in [4.78, 5) is 5.06. The van der Waals surface area contributed by atoms with Crippen molar-refractivity contribution in [2.24, 2.45) is 5.73 Å². The van der Waals surface area contributed by atoms with Crippen LogP contribution in [-0.2, 0) is 0 Å². The van der Waals surface area contributed by atoms with E-state index in [0.29, 0.717) is 6.04 Å². The number of likely N-dealkylation sites (N-methyl/N-ethyl adjacent to an activating group) is 1. The molecule has 1 aromatic rings. The Hall–Kier alpha value is -0.900. The van der Waals surface area contributed by atoms with E-state index in [0.717, 1.165) is 32.6 Å². The fourth-order valence-electron chi connectivity index (χ4n) is 2.95. The molecule has 2 N–H and O–H groups in total. The number of hydrogen-bond acceptors (Lipinski definition) is 3. The summed E-state index contributed by atoms with van der Waals surface area (Å²) in [5.41, 5.74) is 7.48. The molecule has 0 aromatic heterocycles.